The van der Waals surface area contributed by atoms with Crippen molar-refractivity contribution in [3.63, 3.8) is 0 Å². The normalized spacial score (nSPS) is 20.0. The number of carbonyl (C=O) groups is 5. The van der Waals surface area contributed by atoms with Crippen LogP contribution in [0, 0.1) is 17.8 Å². The minimum absolute atomic E-state index is 0.00941. The maximum Gasteiger partial charge on any atom is 0.242 e. The molecule has 316 valence electrons. The monoisotopic (exact) mass is 786 g/mol. The lowest BCUT2D eigenvalue weighted by Crippen LogP contribution is -2.57. The van der Waals surface area contributed by atoms with Crippen molar-refractivity contribution < 1.29 is 33.4 Å². The summed E-state index contributed by atoms with van der Waals surface area (Å²) in [6.45, 7) is 15.9. The van der Waals surface area contributed by atoms with E-state index in [0.717, 1.165) is 51.0 Å². The molecule has 0 radical (unpaired) electrons. The van der Waals surface area contributed by atoms with E-state index in [1.165, 1.54) is 0 Å². The standard InChI is InChI=1S/C42H71N7O7/c1-10-19-44-41(53)32(25-31-16-13-12-14-17-31)46-40(52)30(6)39(56-9)33-18-15-22-49(33)35(50)26-34(55-8)38(29(5)11-2)47(7)36(51)27-45-42(54)37(28(3)4)48-23-20-43-21-24-48/h12-14,16-17,28-30,32-34,37-39,43H,10-11,15,18-27H2,1-9H3,(H,44,53)(H,45,54)(H,46,52). The quantitative estimate of drug-likeness (QED) is 0.138. The molecule has 2 aliphatic heterocycles. The van der Waals surface area contributed by atoms with Gasteiger partial charge < -0.3 is 40.5 Å². The van der Waals surface area contributed by atoms with Crippen LogP contribution in [0.15, 0.2) is 30.3 Å². The van der Waals surface area contributed by atoms with Crippen LogP contribution in [0.25, 0.3) is 0 Å². The Balaban J connectivity index is 1.71. The minimum Gasteiger partial charge on any atom is -0.379 e. The molecule has 0 bridgehead atoms. The van der Waals surface area contributed by atoms with Crippen LogP contribution in [-0.2, 0) is 39.9 Å². The van der Waals surface area contributed by atoms with Crippen LogP contribution >= 0.6 is 0 Å². The van der Waals surface area contributed by atoms with Crippen molar-refractivity contribution in [2.75, 3.05) is 67.1 Å². The molecule has 4 N–H and O–H groups in total. The Hall–Kier alpha value is -3.59. The zero-order chi connectivity index (χ0) is 41.4. The van der Waals surface area contributed by atoms with E-state index in [1.54, 1.807) is 38.0 Å². The number of methoxy groups -OCH3 is 2. The van der Waals surface area contributed by atoms with E-state index >= 15 is 0 Å². The summed E-state index contributed by atoms with van der Waals surface area (Å²) in [5, 5.41) is 12.1. The Bertz CT molecular complexity index is 1390. The first-order valence-corrected chi connectivity index (χ1v) is 20.7. The highest BCUT2D eigenvalue weighted by Gasteiger charge is 2.42. The molecule has 3 rings (SSSR count). The number of hydrogen-bond donors (Lipinski definition) is 4. The molecule has 2 heterocycles. The Kier molecular flexibility index (Phi) is 19.7. The third-order valence-electron chi connectivity index (χ3n) is 11.6. The fourth-order valence-electron chi connectivity index (χ4n) is 8.30. The predicted molar refractivity (Wildman–Crippen MR) is 218 cm³/mol. The largest absolute Gasteiger partial charge is 0.379 e. The van der Waals surface area contributed by atoms with Crippen molar-refractivity contribution in [3.05, 3.63) is 35.9 Å². The van der Waals surface area contributed by atoms with Crippen LogP contribution in [0.3, 0.4) is 0 Å². The molecule has 8 atom stereocenters. The van der Waals surface area contributed by atoms with Gasteiger partial charge in [-0.3, -0.25) is 28.9 Å². The second-order valence-electron chi connectivity index (χ2n) is 15.9. The molecular weight excluding hydrogens is 715 g/mol. The summed E-state index contributed by atoms with van der Waals surface area (Å²) in [6, 6.07) is 7.67. The summed E-state index contributed by atoms with van der Waals surface area (Å²) in [4.78, 5) is 73.8. The Morgan fingerprint density at radius 2 is 1.59 bits per heavy atom. The summed E-state index contributed by atoms with van der Waals surface area (Å²) in [7, 11) is 4.82. The van der Waals surface area contributed by atoms with Crippen LogP contribution in [0.4, 0.5) is 0 Å². The van der Waals surface area contributed by atoms with Crippen LogP contribution in [0.1, 0.15) is 79.2 Å². The molecule has 0 saturated carbocycles. The molecule has 14 nitrogen and oxygen atoms in total. The number of likely N-dealkylation sites (N-methyl/N-ethyl adjacent to an activating group) is 1. The molecule has 0 aliphatic carbocycles. The molecule has 2 saturated heterocycles. The number of piperazine rings is 1. The molecule has 5 amide bonds. The van der Waals surface area contributed by atoms with Gasteiger partial charge in [-0.15, -0.1) is 0 Å². The average Bonchev–Trinajstić information content (AvgIpc) is 3.68. The second kappa shape index (κ2) is 23.6. The van der Waals surface area contributed by atoms with E-state index in [4.69, 9.17) is 9.47 Å². The Morgan fingerprint density at radius 1 is 0.911 bits per heavy atom. The van der Waals surface area contributed by atoms with Gasteiger partial charge in [-0.2, -0.15) is 0 Å². The second-order valence-corrected chi connectivity index (χ2v) is 15.9. The zero-order valence-corrected chi connectivity index (χ0v) is 35.5. The van der Waals surface area contributed by atoms with Gasteiger partial charge >= 0.3 is 0 Å². The molecule has 0 spiro atoms. The molecular formula is C42H71N7O7. The van der Waals surface area contributed by atoms with Gasteiger partial charge in [0.2, 0.25) is 29.5 Å². The van der Waals surface area contributed by atoms with Gasteiger partial charge in [0, 0.05) is 67.0 Å². The van der Waals surface area contributed by atoms with Crippen LogP contribution in [-0.4, -0.2) is 148 Å². The van der Waals surface area contributed by atoms with Crippen molar-refractivity contribution >= 4 is 29.5 Å². The van der Waals surface area contributed by atoms with E-state index < -0.39 is 30.2 Å². The van der Waals surface area contributed by atoms with E-state index in [2.05, 4.69) is 26.2 Å². The van der Waals surface area contributed by atoms with Crippen LogP contribution in [0.5, 0.6) is 0 Å². The molecule has 56 heavy (non-hydrogen) atoms. The summed E-state index contributed by atoms with van der Waals surface area (Å²) < 4.78 is 12.0. The number of benzene rings is 1. The minimum atomic E-state index is -0.769. The highest BCUT2D eigenvalue weighted by molar-refractivity contribution is 5.89. The van der Waals surface area contributed by atoms with Crippen LogP contribution < -0.4 is 21.3 Å². The van der Waals surface area contributed by atoms with E-state index in [1.807, 2.05) is 65.0 Å². The summed E-state index contributed by atoms with van der Waals surface area (Å²) in [5.41, 5.74) is 0.930. The summed E-state index contributed by atoms with van der Waals surface area (Å²) in [5.74, 6) is -1.73. The number of amides is 5. The predicted octanol–water partition coefficient (Wildman–Crippen LogP) is 2.21. The lowest BCUT2D eigenvalue weighted by atomic mass is 9.90. The zero-order valence-electron chi connectivity index (χ0n) is 35.5. The lowest BCUT2D eigenvalue weighted by Gasteiger charge is -2.39. The van der Waals surface area contributed by atoms with E-state index in [9.17, 15) is 24.0 Å². The van der Waals surface area contributed by atoms with Gasteiger partial charge in [-0.05, 0) is 36.7 Å². The SMILES string of the molecule is CCCNC(=O)C(Cc1ccccc1)NC(=O)C(C)C(OC)C1CCCN1C(=O)CC(OC)C(C(C)CC)N(C)C(=O)CNC(=O)C(C(C)C)N1CCNCC1. The van der Waals surface area contributed by atoms with Crippen molar-refractivity contribution in [2.45, 2.75) is 116 Å². The van der Waals surface area contributed by atoms with Gasteiger partial charge in [0.05, 0.1) is 49.2 Å². The topological polar surface area (TPSA) is 162 Å². The molecule has 1 aromatic rings. The molecule has 2 aliphatic rings. The fraction of sp³-hybridized carbons (Fsp3) is 0.738. The third-order valence-corrected chi connectivity index (χ3v) is 11.6. The van der Waals surface area contributed by atoms with Crippen LogP contribution in [0.2, 0.25) is 0 Å². The van der Waals surface area contributed by atoms with Crippen molar-refractivity contribution in [1.29, 1.82) is 0 Å². The van der Waals surface area contributed by atoms with Crippen molar-refractivity contribution in [3.8, 4) is 0 Å². The van der Waals surface area contributed by atoms with E-state index in [-0.39, 0.29) is 66.4 Å². The number of ether oxygens (including phenoxy) is 2. The number of likely N-dealkylation sites (tertiary alicyclic amines) is 1. The lowest BCUT2D eigenvalue weighted by molar-refractivity contribution is -0.146. The van der Waals surface area contributed by atoms with Gasteiger partial charge in [0.25, 0.3) is 0 Å². The molecule has 0 aromatic heterocycles. The van der Waals surface area contributed by atoms with Gasteiger partial charge in [0.15, 0.2) is 0 Å². The first-order chi connectivity index (χ1) is 26.8. The number of hydrogen-bond acceptors (Lipinski definition) is 9. The maximum atomic E-state index is 14.2. The number of rotatable bonds is 22. The number of carbonyl (C=O) groups excluding carboxylic acids is 5. The fourth-order valence-corrected chi connectivity index (χ4v) is 8.30. The first kappa shape index (κ1) is 46.8. The van der Waals surface area contributed by atoms with Gasteiger partial charge in [-0.25, -0.2) is 0 Å². The molecule has 8 unspecified atom stereocenters. The van der Waals surface area contributed by atoms with Gasteiger partial charge in [-0.1, -0.05) is 78.3 Å². The summed E-state index contributed by atoms with van der Waals surface area (Å²) in [6.07, 6.45) is 2.05. The highest BCUT2D eigenvalue weighted by Crippen LogP contribution is 2.29. The number of nitrogens with one attached hydrogen (secondary N) is 4. The third kappa shape index (κ3) is 13.0. The summed E-state index contributed by atoms with van der Waals surface area (Å²) >= 11 is 0. The van der Waals surface area contributed by atoms with E-state index in [0.29, 0.717) is 25.9 Å². The Morgan fingerprint density at radius 3 is 2.18 bits per heavy atom. The number of nitrogens with zero attached hydrogens (tertiary/aromatic N) is 3. The maximum absolute atomic E-state index is 14.2. The van der Waals surface area contributed by atoms with Crippen molar-refractivity contribution in [2.24, 2.45) is 17.8 Å². The van der Waals surface area contributed by atoms with Gasteiger partial charge in [0.1, 0.15) is 6.04 Å². The highest BCUT2D eigenvalue weighted by atomic mass is 16.5. The average molecular weight is 786 g/mol. The smallest absolute Gasteiger partial charge is 0.242 e. The Labute approximate surface area is 335 Å². The van der Waals surface area contributed by atoms with Crippen molar-refractivity contribution in [1.82, 2.24) is 36.0 Å². The molecule has 2 fully saturated rings. The molecule has 1 aromatic carbocycles. The molecule has 14 heteroatoms. The first-order valence-electron chi connectivity index (χ1n) is 20.7.